The van der Waals surface area contributed by atoms with Gasteiger partial charge in [-0.1, -0.05) is 18.6 Å². The lowest BCUT2D eigenvalue weighted by atomic mass is 10.1. The van der Waals surface area contributed by atoms with Crippen molar-refractivity contribution in [3.8, 4) is 11.4 Å². The molecular weight excluding hydrogens is 248 g/mol. The number of benzene rings is 1. The third kappa shape index (κ3) is 2.03. The summed E-state index contributed by atoms with van der Waals surface area (Å²) in [6.45, 7) is 5.15. The summed E-state index contributed by atoms with van der Waals surface area (Å²) in [5.74, 6) is 0.927. The highest BCUT2D eigenvalue weighted by atomic mass is 15.1. The normalized spacial score (nSPS) is 11.1. The number of pyridine rings is 1. The summed E-state index contributed by atoms with van der Waals surface area (Å²) in [7, 11) is 0. The van der Waals surface area contributed by atoms with Crippen LogP contribution in [0.25, 0.3) is 22.4 Å². The molecule has 2 heterocycles. The lowest BCUT2D eigenvalue weighted by molar-refractivity contribution is 0.704. The van der Waals surface area contributed by atoms with Crippen LogP contribution in [-0.2, 0) is 6.54 Å². The fourth-order valence-electron chi connectivity index (χ4n) is 2.50. The van der Waals surface area contributed by atoms with Crippen LogP contribution in [0.1, 0.15) is 18.9 Å². The molecule has 0 bridgehead atoms. The highest BCUT2D eigenvalue weighted by molar-refractivity contribution is 5.83. The first-order chi connectivity index (χ1) is 9.70. The topological polar surface area (TPSA) is 56.7 Å². The van der Waals surface area contributed by atoms with Crippen LogP contribution in [0.3, 0.4) is 0 Å². The van der Waals surface area contributed by atoms with E-state index in [0.717, 1.165) is 41.1 Å². The fourth-order valence-corrected chi connectivity index (χ4v) is 2.50. The molecule has 0 amide bonds. The molecule has 0 aliphatic rings. The second-order valence-corrected chi connectivity index (χ2v) is 5.04. The summed E-state index contributed by atoms with van der Waals surface area (Å²) >= 11 is 0. The van der Waals surface area contributed by atoms with Crippen molar-refractivity contribution in [3.63, 3.8) is 0 Å². The van der Waals surface area contributed by atoms with E-state index in [0.29, 0.717) is 0 Å². The SMILES string of the molecule is CCCn1c(-c2cc(C)ccc2N)nc2cnccc21. The molecule has 2 N–H and O–H groups in total. The van der Waals surface area contributed by atoms with Gasteiger partial charge in [0.15, 0.2) is 0 Å². The van der Waals surface area contributed by atoms with Gasteiger partial charge in [0.25, 0.3) is 0 Å². The molecule has 0 radical (unpaired) electrons. The van der Waals surface area contributed by atoms with Gasteiger partial charge in [-0.25, -0.2) is 4.98 Å². The Hall–Kier alpha value is -2.36. The van der Waals surface area contributed by atoms with Gasteiger partial charge in [0.2, 0.25) is 0 Å². The van der Waals surface area contributed by atoms with Gasteiger partial charge in [0.1, 0.15) is 11.3 Å². The number of hydrogen-bond donors (Lipinski definition) is 1. The molecule has 0 aliphatic carbocycles. The number of aromatic nitrogens is 3. The maximum absolute atomic E-state index is 6.14. The van der Waals surface area contributed by atoms with E-state index in [-0.39, 0.29) is 0 Å². The summed E-state index contributed by atoms with van der Waals surface area (Å²) < 4.78 is 2.22. The van der Waals surface area contributed by atoms with Gasteiger partial charge in [0, 0.05) is 24.0 Å². The van der Waals surface area contributed by atoms with Crippen molar-refractivity contribution in [3.05, 3.63) is 42.2 Å². The molecule has 20 heavy (non-hydrogen) atoms. The predicted octanol–water partition coefficient (Wildman–Crippen LogP) is 3.40. The number of nitrogens with two attached hydrogens (primary N) is 1. The Morgan fingerprint density at radius 1 is 1.25 bits per heavy atom. The smallest absolute Gasteiger partial charge is 0.143 e. The first-order valence-corrected chi connectivity index (χ1v) is 6.87. The van der Waals surface area contributed by atoms with Gasteiger partial charge in [-0.15, -0.1) is 0 Å². The minimum Gasteiger partial charge on any atom is -0.398 e. The van der Waals surface area contributed by atoms with E-state index in [4.69, 9.17) is 10.7 Å². The van der Waals surface area contributed by atoms with Gasteiger partial charge in [-0.2, -0.15) is 0 Å². The number of rotatable bonds is 3. The molecule has 102 valence electrons. The average Bonchev–Trinajstić information content (AvgIpc) is 2.81. The highest BCUT2D eigenvalue weighted by Crippen LogP contribution is 2.29. The van der Waals surface area contributed by atoms with E-state index >= 15 is 0 Å². The second kappa shape index (κ2) is 4.96. The Balaban J connectivity index is 2.29. The molecule has 4 heteroatoms. The highest BCUT2D eigenvalue weighted by Gasteiger charge is 2.14. The standard InChI is InChI=1S/C16H18N4/c1-3-8-20-15-6-7-18-10-14(15)19-16(20)12-9-11(2)4-5-13(12)17/h4-7,9-10H,3,8,17H2,1-2H3. The van der Waals surface area contributed by atoms with Gasteiger partial charge in [-0.05, 0) is 31.5 Å². The Kier molecular flexibility index (Phi) is 3.14. The number of fused-ring (bicyclic) bond motifs is 1. The summed E-state index contributed by atoms with van der Waals surface area (Å²) in [5, 5.41) is 0. The maximum Gasteiger partial charge on any atom is 0.143 e. The van der Waals surface area contributed by atoms with Crippen molar-refractivity contribution in [2.75, 3.05) is 5.73 Å². The zero-order valence-corrected chi connectivity index (χ0v) is 11.8. The van der Waals surface area contributed by atoms with Crippen LogP contribution in [0.5, 0.6) is 0 Å². The third-order valence-electron chi connectivity index (χ3n) is 3.45. The minimum atomic E-state index is 0.760. The van der Waals surface area contributed by atoms with E-state index < -0.39 is 0 Å². The zero-order valence-electron chi connectivity index (χ0n) is 11.8. The Morgan fingerprint density at radius 3 is 2.90 bits per heavy atom. The molecule has 2 aromatic heterocycles. The van der Waals surface area contributed by atoms with Crippen LogP contribution < -0.4 is 5.73 Å². The first-order valence-electron chi connectivity index (χ1n) is 6.87. The first kappa shape index (κ1) is 12.7. The van der Waals surface area contributed by atoms with Crippen molar-refractivity contribution in [2.24, 2.45) is 0 Å². The number of nitrogens with zero attached hydrogens (tertiary/aromatic N) is 3. The molecule has 3 aromatic rings. The zero-order chi connectivity index (χ0) is 14.1. The molecule has 4 nitrogen and oxygen atoms in total. The largest absolute Gasteiger partial charge is 0.398 e. The third-order valence-corrected chi connectivity index (χ3v) is 3.45. The van der Waals surface area contributed by atoms with E-state index in [9.17, 15) is 0 Å². The molecule has 1 aromatic carbocycles. The average molecular weight is 266 g/mol. The summed E-state index contributed by atoms with van der Waals surface area (Å²) in [5.41, 5.74) is 11.1. The van der Waals surface area contributed by atoms with Crippen molar-refractivity contribution in [1.29, 1.82) is 0 Å². The summed E-state index contributed by atoms with van der Waals surface area (Å²) in [6, 6.07) is 8.06. The van der Waals surface area contributed by atoms with Gasteiger partial charge in [0.05, 0.1) is 11.7 Å². The minimum absolute atomic E-state index is 0.760. The lowest BCUT2D eigenvalue weighted by Gasteiger charge is -2.10. The molecule has 0 aliphatic heterocycles. The Bertz CT molecular complexity index is 758. The van der Waals surface area contributed by atoms with Gasteiger partial charge in [-0.3, -0.25) is 4.98 Å². The molecule has 0 atom stereocenters. The van der Waals surface area contributed by atoms with Gasteiger partial charge < -0.3 is 10.3 Å². The molecule has 0 spiro atoms. The van der Waals surface area contributed by atoms with Crippen molar-refractivity contribution < 1.29 is 0 Å². The maximum atomic E-state index is 6.14. The Morgan fingerprint density at radius 2 is 2.10 bits per heavy atom. The summed E-state index contributed by atoms with van der Waals surface area (Å²) in [6.07, 6.45) is 4.66. The van der Waals surface area contributed by atoms with Gasteiger partial charge >= 0.3 is 0 Å². The van der Waals surface area contributed by atoms with E-state index in [1.165, 1.54) is 5.56 Å². The number of hydrogen-bond acceptors (Lipinski definition) is 3. The van der Waals surface area contributed by atoms with Crippen molar-refractivity contribution >= 4 is 16.7 Å². The predicted molar refractivity (Wildman–Crippen MR) is 82.4 cm³/mol. The van der Waals surface area contributed by atoms with Crippen LogP contribution in [0.15, 0.2) is 36.7 Å². The van der Waals surface area contributed by atoms with Crippen molar-refractivity contribution in [1.82, 2.24) is 14.5 Å². The molecule has 0 unspecified atom stereocenters. The number of aryl methyl sites for hydroxylation is 2. The van der Waals surface area contributed by atoms with Crippen LogP contribution in [0.4, 0.5) is 5.69 Å². The van der Waals surface area contributed by atoms with E-state index in [1.807, 2.05) is 18.2 Å². The summed E-state index contributed by atoms with van der Waals surface area (Å²) in [4.78, 5) is 8.88. The number of nitrogen functional groups attached to an aromatic ring is 1. The second-order valence-electron chi connectivity index (χ2n) is 5.04. The van der Waals surface area contributed by atoms with Crippen LogP contribution in [-0.4, -0.2) is 14.5 Å². The van der Waals surface area contributed by atoms with Crippen LogP contribution in [0, 0.1) is 6.92 Å². The quantitative estimate of drug-likeness (QED) is 0.739. The number of imidazole rings is 1. The molecular formula is C16H18N4. The fraction of sp³-hybridized carbons (Fsp3) is 0.250. The lowest BCUT2D eigenvalue weighted by Crippen LogP contribution is -2.02. The number of anilines is 1. The van der Waals surface area contributed by atoms with E-state index in [2.05, 4.69) is 29.5 Å². The van der Waals surface area contributed by atoms with Crippen LogP contribution >= 0.6 is 0 Å². The van der Waals surface area contributed by atoms with E-state index in [1.54, 1.807) is 12.4 Å². The molecule has 0 saturated carbocycles. The molecule has 0 saturated heterocycles. The monoisotopic (exact) mass is 266 g/mol. The Labute approximate surface area is 118 Å². The van der Waals surface area contributed by atoms with Crippen molar-refractivity contribution in [2.45, 2.75) is 26.8 Å². The van der Waals surface area contributed by atoms with Crippen LogP contribution in [0.2, 0.25) is 0 Å². The molecule has 0 fully saturated rings. The molecule has 3 rings (SSSR count).